The number of benzene rings is 1. The predicted molar refractivity (Wildman–Crippen MR) is 86.8 cm³/mol. The van der Waals surface area contributed by atoms with Crippen molar-refractivity contribution in [3.05, 3.63) is 29.8 Å². The van der Waals surface area contributed by atoms with Crippen LogP contribution in [-0.2, 0) is 16.6 Å². The standard InChI is InChI=1S/C15H27N3O2S/c1-5-10-16-13-14-8-6-7-9-15(14)21(19,20)18(4)12-11-17(2)3/h6-9,16H,5,10-13H2,1-4H3. The number of sulfonamides is 1. The summed E-state index contributed by atoms with van der Waals surface area (Å²) in [6, 6.07) is 7.21. The first-order valence-electron chi connectivity index (χ1n) is 7.29. The van der Waals surface area contributed by atoms with E-state index in [2.05, 4.69) is 12.2 Å². The summed E-state index contributed by atoms with van der Waals surface area (Å²) in [6.45, 7) is 4.72. The number of nitrogens with one attached hydrogen (secondary N) is 1. The molecule has 0 bridgehead atoms. The third-order valence-corrected chi connectivity index (χ3v) is 5.22. The fraction of sp³-hybridized carbons (Fsp3) is 0.600. The highest BCUT2D eigenvalue weighted by molar-refractivity contribution is 7.89. The highest BCUT2D eigenvalue weighted by atomic mass is 32.2. The van der Waals surface area contributed by atoms with Gasteiger partial charge in [0.2, 0.25) is 10.0 Å². The van der Waals surface area contributed by atoms with Gasteiger partial charge in [-0.15, -0.1) is 0 Å². The first kappa shape index (κ1) is 18.1. The quantitative estimate of drug-likeness (QED) is 0.700. The van der Waals surface area contributed by atoms with Crippen LogP contribution in [0.2, 0.25) is 0 Å². The molecule has 1 aromatic rings. The molecule has 0 aliphatic heterocycles. The Kier molecular flexibility index (Phi) is 7.31. The van der Waals surface area contributed by atoms with Gasteiger partial charge >= 0.3 is 0 Å². The van der Waals surface area contributed by atoms with Gasteiger partial charge < -0.3 is 10.2 Å². The van der Waals surface area contributed by atoms with Crippen molar-refractivity contribution in [2.75, 3.05) is 40.8 Å². The maximum Gasteiger partial charge on any atom is 0.243 e. The van der Waals surface area contributed by atoms with Gasteiger partial charge in [0.15, 0.2) is 0 Å². The summed E-state index contributed by atoms with van der Waals surface area (Å²) in [7, 11) is 2.07. The van der Waals surface area contributed by atoms with E-state index >= 15 is 0 Å². The molecule has 21 heavy (non-hydrogen) atoms. The average molecular weight is 313 g/mol. The minimum Gasteiger partial charge on any atom is -0.313 e. The predicted octanol–water partition coefficient (Wildman–Crippen LogP) is 1.37. The highest BCUT2D eigenvalue weighted by Crippen LogP contribution is 2.19. The van der Waals surface area contributed by atoms with Crippen LogP contribution in [0, 0.1) is 0 Å². The monoisotopic (exact) mass is 313 g/mol. The molecular formula is C15H27N3O2S. The van der Waals surface area contributed by atoms with Crippen LogP contribution in [0.25, 0.3) is 0 Å². The second-order valence-corrected chi connectivity index (χ2v) is 7.43. The van der Waals surface area contributed by atoms with Crippen molar-refractivity contribution in [2.45, 2.75) is 24.8 Å². The van der Waals surface area contributed by atoms with Crippen LogP contribution in [0.3, 0.4) is 0 Å². The van der Waals surface area contributed by atoms with Crippen molar-refractivity contribution in [1.29, 1.82) is 0 Å². The smallest absolute Gasteiger partial charge is 0.243 e. The first-order valence-corrected chi connectivity index (χ1v) is 8.73. The molecule has 5 nitrogen and oxygen atoms in total. The topological polar surface area (TPSA) is 52.7 Å². The Balaban J connectivity index is 2.91. The Labute approximate surface area is 129 Å². The lowest BCUT2D eigenvalue weighted by Gasteiger charge is -2.21. The Morgan fingerprint density at radius 1 is 1.10 bits per heavy atom. The van der Waals surface area contributed by atoms with Gasteiger partial charge in [0.25, 0.3) is 0 Å². The third kappa shape index (κ3) is 5.39. The summed E-state index contributed by atoms with van der Waals surface area (Å²) in [6.07, 6.45) is 1.03. The van der Waals surface area contributed by atoms with Gasteiger partial charge in [0, 0.05) is 26.7 Å². The van der Waals surface area contributed by atoms with Crippen LogP contribution < -0.4 is 5.32 Å². The maximum atomic E-state index is 12.7. The lowest BCUT2D eigenvalue weighted by Crippen LogP contribution is -2.34. The van der Waals surface area contributed by atoms with Gasteiger partial charge in [0.1, 0.15) is 0 Å². The SMILES string of the molecule is CCCNCc1ccccc1S(=O)(=O)N(C)CCN(C)C. The van der Waals surface area contributed by atoms with E-state index in [9.17, 15) is 8.42 Å². The Hall–Kier alpha value is -0.950. The molecular weight excluding hydrogens is 286 g/mol. The van der Waals surface area contributed by atoms with Gasteiger partial charge in [0.05, 0.1) is 4.90 Å². The molecule has 0 heterocycles. The molecule has 1 aromatic carbocycles. The van der Waals surface area contributed by atoms with Crippen LogP contribution >= 0.6 is 0 Å². The molecule has 0 saturated carbocycles. The summed E-state index contributed by atoms with van der Waals surface area (Å²) in [5.41, 5.74) is 0.822. The van der Waals surface area contributed by atoms with Gasteiger partial charge in [-0.2, -0.15) is 4.31 Å². The summed E-state index contributed by atoms with van der Waals surface area (Å²) >= 11 is 0. The Bertz CT molecular complexity index is 529. The molecule has 1 rings (SSSR count). The molecule has 0 aromatic heterocycles. The third-order valence-electron chi connectivity index (χ3n) is 3.27. The second kappa shape index (κ2) is 8.48. The highest BCUT2D eigenvalue weighted by Gasteiger charge is 2.23. The van der Waals surface area contributed by atoms with Gasteiger partial charge in [-0.05, 0) is 38.7 Å². The number of hydrogen-bond donors (Lipinski definition) is 1. The fourth-order valence-corrected chi connectivity index (χ4v) is 3.31. The zero-order chi connectivity index (χ0) is 15.9. The Morgan fingerprint density at radius 3 is 2.38 bits per heavy atom. The van der Waals surface area contributed by atoms with Crippen LogP contribution in [0.1, 0.15) is 18.9 Å². The molecule has 0 saturated heterocycles. The van der Waals surface area contributed by atoms with Crippen molar-refractivity contribution in [3.63, 3.8) is 0 Å². The van der Waals surface area contributed by atoms with E-state index in [0.29, 0.717) is 24.5 Å². The van der Waals surface area contributed by atoms with Crippen molar-refractivity contribution in [1.82, 2.24) is 14.5 Å². The molecule has 0 spiro atoms. The fourth-order valence-electron chi connectivity index (χ4n) is 1.93. The molecule has 0 aliphatic rings. The largest absolute Gasteiger partial charge is 0.313 e. The zero-order valence-electron chi connectivity index (χ0n) is 13.5. The number of likely N-dealkylation sites (N-methyl/N-ethyl adjacent to an activating group) is 2. The summed E-state index contributed by atoms with van der Waals surface area (Å²) in [5, 5.41) is 3.26. The molecule has 0 amide bonds. The van der Waals surface area contributed by atoms with E-state index in [1.165, 1.54) is 4.31 Å². The first-order chi connectivity index (χ1) is 9.89. The van der Waals surface area contributed by atoms with E-state index in [0.717, 1.165) is 18.5 Å². The molecule has 0 atom stereocenters. The van der Waals surface area contributed by atoms with Crippen molar-refractivity contribution in [2.24, 2.45) is 0 Å². The molecule has 0 radical (unpaired) electrons. The van der Waals surface area contributed by atoms with Crippen LogP contribution in [0.5, 0.6) is 0 Å². The summed E-state index contributed by atoms with van der Waals surface area (Å²) in [5.74, 6) is 0. The van der Waals surface area contributed by atoms with E-state index in [1.54, 1.807) is 19.2 Å². The van der Waals surface area contributed by atoms with Gasteiger partial charge in [-0.25, -0.2) is 8.42 Å². The Morgan fingerprint density at radius 2 is 1.76 bits per heavy atom. The van der Waals surface area contributed by atoms with E-state index in [-0.39, 0.29) is 0 Å². The second-order valence-electron chi connectivity index (χ2n) is 5.41. The van der Waals surface area contributed by atoms with Gasteiger partial charge in [-0.3, -0.25) is 0 Å². The van der Waals surface area contributed by atoms with Gasteiger partial charge in [-0.1, -0.05) is 25.1 Å². The molecule has 6 heteroatoms. The van der Waals surface area contributed by atoms with Crippen LogP contribution in [0.4, 0.5) is 0 Å². The molecule has 0 aliphatic carbocycles. The minimum atomic E-state index is -3.44. The molecule has 0 fully saturated rings. The molecule has 1 N–H and O–H groups in total. The number of hydrogen-bond acceptors (Lipinski definition) is 4. The van der Waals surface area contributed by atoms with E-state index in [1.807, 2.05) is 31.1 Å². The zero-order valence-corrected chi connectivity index (χ0v) is 14.3. The van der Waals surface area contributed by atoms with E-state index < -0.39 is 10.0 Å². The lowest BCUT2D eigenvalue weighted by atomic mass is 10.2. The summed E-state index contributed by atoms with van der Waals surface area (Å²) < 4.78 is 26.8. The van der Waals surface area contributed by atoms with Crippen molar-refractivity contribution >= 4 is 10.0 Å². The molecule has 120 valence electrons. The molecule has 0 unspecified atom stereocenters. The summed E-state index contributed by atoms with van der Waals surface area (Å²) in [4.78, 5) is 2.37. The van der Waals surface area contributed by atoms with Crippen molar-refractivity contribution in [3.8, 4) is 0 Å². The number of rotatable bonds is 9. The average Bonchev–Trinajstić information content (AvgIpc) is 2.45. The minimum absolute atomic E-state index is 0.398. The van der Waals surface area contributed by atoms with Crippen LogP contribution in [-0.4, -0.2) is 58.4 Å². The van der Waals surface area contributed by atoms with Crippen molar-refractivity contribution < 1.29 is 8.42 Å². The lowest BCUT2D eigenvalue weighted by molar-refractivity contribution is 0.358. The van der Waals surface area contributed by atoms with E-state index in [4.69, 9.17) is 0 Å². The number of nitrogens with zero attached hydrogens (tertiary/aromatic N) is 2. The van der Waals surface area contributed by atoms with Crippen LogP contribution in [0.15, 0.2) is 29.2 Å². The normalized spacial score (nSPS) is 12.3. The maximum absolute atomic E-state index is 12.7.